The normalized spacial score (nSPS) is 11.3. The van der Waals surface area contributed by atoms with E-state index in [1.807, 2.05) is 0 Å². The van der Waals surface area contributed by atoms with Crippen LogP contribution in [0.4, 0.5) is 23.2 Å². The van der Waals surface area contributed by atoms with E-state index in [1.165, 1.54) is 6.20 Å². The molecule has 22 heavy (non-hydrogen) atoms. The highest BCUT2D eigenvalue weighted by atomic mass is 19.4. The molecular weight excluding hydrogens is 306 g/mol. The van der Waals surface area contributed by atoms with Gasteiger partial charge < -0.3 is 5.32 Å². The zero-order chi connectivity index (χ0) is 16.3. The molecule has 0 saturated carbocycles. The minimum atomic E-state index is -4.87. The van der Waals surface area contributed by atoms with Crippen molar-refractivity contribution in [2.24, 2.45) is 0 Å². The van der Waals surface area contributed by atoms with E-state index in [0.717, 1.165) is 23.0 Å². The first kappa shape index (κ1) is 15.7. The van der Waals surface area contributed by atoms with Crippen LogP contribution in [0, 0.1) is 5.82 Å². The maximum absolute atomic E-state index is 13.1. The molecule has 0 aliphatic heterocycles. The lowest BCUT2D eigenvalue weighted by Gasteiger charge is -2.11. The van der Waals surface area contributed by atoms with E-state index >= 15 is 0 Å². The van der Waals surface area contributed by atoms with Gasteiger partial charge in [-0.3, -0.25) is 14.2 Å². The summed E-state index contributed by atoms with van der Waals surface area (Å²) in [5, 5.41) is 2.16. The Hall–Kier alpha value is -2.71. The minimum absolute atomic E-state index is 0.226. The van der Waals surface area contributed by atoms with Crippen LogP contribution in [0.3, 0.4) is 0 Å². The number of carbonyl (C=O) groups excluding carboxylic acids is 1. The van der Waals surface area contributed by atoms with Gasteiger partial charge in [0.05, 0.1) is 11.9 Å². The molecule has 0 saturated heterocycles. The molecule has 0 radical (unpaired) electrons. The number of alkyl halides is 3. The predicted octanol–water partition coefficient (Wildman–Crippen LogP) is 2.04. The summed E-state index contributed by atoms with van der Waals surface area (Å²) in [6.07, 6.45) is -2.51. The molecule has 9 heteroatoms. The van der Waals surface area contributed by atoms with E-state index in [1.54, 1.807) is 0 Å². The standard InChI is InChI=1S/C13H9F4N3O2/c14-10-2-1-8(5-9(10)13(15,16)17)19-11(21)6-20-7-18-4-3-12(20)22/h1-5,7H,6H2,(H,19,21). The van der Waals surface area contributed by atoms with Gasteiger partial charge in [-0.25, -0.2) is 9.37 Å². The number of amides is 1. The molecule has 2 rings (SSSR count). The largest absolute Gasteiger partial charge is 0.419 e. The highest BCUT2D eigenvalue weighted by Gasteiger charge is 2.34. The van der Waals surface area contributed by atoms with Gasteiger partial charge in [-0.15, -0.1) is 0 Å². The molecule has 0 unspecified atom stereocenters. The smallest absolute Gasteiger partial charge is 0.325 e. The zero-order valence-electron chi connectivity index (χ0n) is 10.9. The Morgan fingerprint density at radius 2 is 2.00 bits per heavy atom. The molecule has 0 spiro atoms. The maximum atomic E-state index is 13.1. The first-order valence-corrected chi connectivity index (χ1v) is 5.94. The number of benzene rings is 1. The quantitative estimate of drug-likeness (QED) is 0.882. The first-order chi connectivity index (χ1) is 10.3. The SMILES string of the molecule is O=C(Cn1cnccc1=O)Nc1ccc(F)c(C(F)(F)F)c1. The molecule has 0 bridgehead atoms. The maximum Gasteiger partial charge on any atom is 0.419 e. The predicted molar refractivity (Wildman–Crippen MR) is 68.5 cm³/mol. The van der Waals surface area contributed by atoms with Crippen molar-refractivity contribution in [1.82, 2.24) is 9.55 Å². The summed E-state index contributed by atoms with van der Waals surface area (Å²) in [4.78, 5) is 26.7. The summed E-state index contributed by atoms with van der Waals surface area (Å²) in [6, 6.07) is 3.22. The van der Waals surface area contributed by atoms with E-state index in [-0.39, 0.29) is 5.69 Å². The van der Waals surface area contributed by atoms with Crippen molar-refractivity contribution in [2.75, 3.05) is 5.32 Å². The number of nitrogens with one attached hydrogen (secondary N) is 1. The number of anilines is 1. The van der Waals surface area contributed by atoms with Crippen molar-refractivity contribution in [3.05, 3.63) is 58.5 Å². The molecule has 1 aromatic heterocycles. The highest BCUT2D eigenvalue weighted by Crippen LogP contribution is 2.32. The summed E-state index contributed by atoms with van der Waals surface area (Å²) in [7, 11) is 0. The fraction of sp³-hybridized carbons (Fsp3) is 0.154. The molecule has 1 aromatic carbocycles. The van der Waals surface area contributed by atoms with Crippen molar-refractivity contribution in [2.45, 2.75) is 12.7 Å². The lowest BCUT2D eigenvalue weighted by Crippen LogP contribution is -2.27. The second kappa shape index (κ2) is 5.96. The average Bonchev–Trinajstić information content (AvgIpc) is 2.42. The Bertz CT molecular complexity index is 755. The fourth-order valence-corrected chi connectivity index (χ4v) is 1.67. The lowest BCUT2D eigenvalue weighted by molar-refractivity contribution is -0.140. The Morgan fingerprint density at radius 1 is 1.27 bits per heavy atom. The van der Waals surface area contributed by atoms with E-state index in [0.29, 0.717) is 12.1 Å². The summed E-state index contributed by atoms with van der Waals surface area (Å²) in [5.41, 5.74) is -2.19. The van der Waals surface area contributed by atoms with Gasteiger partial charge in [0.15, 0.2) is 0 Å². The third-order valence-electron chi connectivity index (χ3n) is 2.66. The molecule has 0 atom stereocenters. The number of carbonyl (C=O) groups is 1. The van der Waals surface area contributed by atoms with E-state index in [4.69, 9.17) is 0 Å². The summed E-state index contributed by atoms with van der Waals surface area (Å²) < 4.78 is 51.8. The van der Waals surface area contributed by atoms with Crippen LogP contribution in [-0.2, 0) is 17.5 Å². The molecule has 1 amide bonds. The van der Waals surface area contributed by atoms with Crippen LogP contribution in [0.5, 0.6) is 0 Å². The molecule has 0 aliphatic carbocycles. The molecule has 1 heterocycles. The number of nitrogens with zero attached hydrogens (tertiary/aromatic N) is 2. The zero-order valence-corrected chi connectivity index (χ0v) is 10.9. The molecule has 0 aliphatic rings. The summed E-state index contributed by atoms with van der Waals surface area (Å²) >= 11 is 0. The van der Waals surface area contributed by atoms with E-state index in [2.05, 4.69) is 10.3 Å². The Kier molecular flexibility index (Phi) is 4.25. The highest BCUT2D eigenvalue weighted by molar-refractivity contribution is 5.90. The Morgan fingerprint density at radius 3 is 2.64 bits per heavy atom. The Labute approximate surface area is 121 Å². The van der Waals surface area contributed by atoms with Gasteiger partial charge in [0.1, 0.15) is 12.4 Å². The van der Waals surface area contributed by atoms with Gasteiger partial charge in [0.2, 0.25) is 5.91 Å². The Balaban J connectivity index is 2.16. The summed E-state index contributed by atoms with van der Waals surface area (Å²) in [5.74, 6) is -2.18. The van der Waals surface area contributed by atoms with Gasteiger partial charge in [-0.1, -0.05) is 0 Å². The van der Waals surface area contributed by atoms with Crippen molar-refractivity contribution in [3.8, 4) is 0 Å². The third-order valence-corrected chi connectivity index (χ3v) is 2.66. The molecule has 116 valence electrons. The van der Waals surface area contributed by atoms with Crippen LogP contribution < -0.4 is 10.9 Å². The van der Waals surface area contributed by atoms with Crippen molar-refractivity contribution >= 4 is 11.6 Å². The van der Waals surface area contributed by atoms with Crippen molar-refractivity contribution in [1.29, 1.82) is 0 Å². The lowest BCUT2D eigenvalue weighted by atomic mass is 10.2. The number of halogens is 4. The number of hydrogen-bond donors (Lipinski definition) is 1. The monoisotopic (exact) mass is 315 g/mol. The van der Waals surface area contributed by atoms with Crippen LogP contribution >= 0.6 is 0 Å². The van der Waals surface area contributed by atoms with E-state index in [9.17, 15) is 27.2 Å². The molecule has 5 nitrogen and oxygen atoms in total. The topological polar surface area (TPSA) is 64.0 Å². The number of aromatic nitrogens is 2. The molecule has 2 aromatic rings. The third kappa shape index (κ3) is 3.68. The second-order valence-corrected chi connectivity index (χ2v) is 4.29. The average molecular weight is 315 g/mol. The van der Waals surface area contributed by atoms with Crippen molar-refractivity contribution < 1.29 is 22.4 Å². The second-order valence-electron chi connectivity index (χ2n) is 4.29. The van der Waals surface area contributed by atoms with Crippen LogP contribution in [0.25, 0.3) is 0 Å². The van der Waals surface area contributed by atoms with Crippen LogP contribution in [0.1, 0.15) is 5.56 Å². The van der Waals surface area contributed by atoms with Gasteiger partial charge in [-0.2, -0.15) is 13.2 Å². The van der Waals surface area contributed by atoms with Crippen molar-refractivity contribution in [3.63, 3.8) is 0 Å². The van der Waals surface area contributed by atoms with Crippen LogP contribution in [0.15, 0.2) is 41.6 Å². The number of rotatable bonds is 3. The van der Waals surface area contributed by atoms with Gasteiger partial charge in [-0.05, 0) is 18.2 Å². The fourth-order valence-electron chi connectivity index (χ4n) is 1.67. The summed E-state index contributed by atoms with van der Waals surface area (Å²) in [6.45, 7) is -0.425. The molecule has 1 N–H and O–H groups in total. The van der Waals surface area contributed by atoms with E-state index < -0.39 is 35.6 Å². The molecular formula is C13H9F4N3O2. The molecule has 0 fully saturated rings. The van der Waals surface area contributed by atoms with Gasteiger partial charge in [0, 0.05) is 18.0 Å². The van der Waals surface area contributed by atoms with Gasteiger partial charge in [0.25, 0.3) is 5.56 Å². The number of hydrogen-bond acceptors (Lipinski definition) is 3. The minimum Gasteiger partial charge on any atom is -0.325 e. The van der Waals surface area contributed by atoms with Gasteiger partial charge >= 0.3 is 6.18 Å². The van der Waals surface area contributed by atoms with Crippen LogP contribution in [-0.4, -0.2) is 15.5 Å². The van der Waals surface area contributed by atoms with Crippen LogP contribution in [0.2, 0.25) is 0 Å². The first-order valence-electron chi connectivity index (χ1n) is 5.94.